The number of benzene rings is 2. The first-order chi connectivity index (χ1) is 13.0. The van der Waals surface area contributed by atoms with Crippen LogP contribution in [0.25, 0.3) is 11.6 Å². The Kier molecular flexibility index (Phi) is 7.37. The van der Waals surface area contributed by atoms with Gasteiger partial charge < -0.3 is 14.7 Å². The number of carbonyl (C=O) groups is 1. The van der Waals surface area contributed by atoms with Gasteiger partial charge in [-0.1, -0.05) is 59.8 Å². The Morgan fingerprint density at radius 3 is 2.56 bits per heavy atom. The summed E-state index contributed by atoms with van der Waals surface area (Å²) in [7, 11) is 1.41. The van der Waals surface area contributed by atoms with E-state index in [4.69, 9.17) is 9.57 Å². The highest BCUT2D eigenvalue weighted by atomic mass is 16.6. The fraction of sp³-hybridized carbons (Fsp3) is 0.182. The van der Waals surface area contributed by atoms with E-state index in [-0.39, 0.29) is 12.2 Å². The van der Waals surface area contributed by atoms with E-state index in [1.165, 1.54) is 18.9 Å². The minimum Gasteiger partial charge on any atom is -0.503 e. The molecule has 0 bridgehead atoms. The number of oxime groups is 1. The van der Waals surface area contributed by atoms with E-state index in [1.807, 2.05) is 56.3 Å². The van der Waals surface area contributed by atoms with Gasteiger partial charge in [-0.3, -0.25) is 0 Å². The van der Waals surface area contributed by atoms with E-state index in [0.29, 0.717) is 16.8 Å². The zero-order valence-corrected chi connectivity index (χ0v) is 15.7. The van der Waals surface area contributed by atoms with Crippen LogP contribution >= 0.6 is 0 Å². The fourth-order valence-electron chi connectivity index (χ4n) is 2.47. The van der Waals surface area contributed by atoms with Gasteiger partial charge in [0.2, 0.25) is 0 Å². The molecule has 1 N–H and O–H groups in total. The van der Waals surface area contributed by atoms with Crippen molar-refractivity contribution in [3.05, 3.63) is 83.1 Å². The van der Waals surface area contributed by atoms with Crippen LogP contribution in [0.4, 0.5) is 0 Å². The Hall–Kier alpha value is -3.34. The summed E-state index contributed by atoms with van der Waals surface area (Å²) in [5, 5.41) is 13.5. The highest BCUT2D eigenvalue weighted by Gasteiger charge is 2.15. The number of methoxy groups -OCH3 is 1. The van der Waals surface area contributed by atoms with Crippen molar-refractivity contribution in [1.29, 1.82) is 0 Å². The molecule has 0 saturated carbocycles. The second-order valence-corrected chi connectivity index (χ2v) is 5.93. The van der Waals surface area contributed by atoms with Gasteiger partial charge in [0.1, 0.15) is 12.2 Å². The number of hydrogen-bond donors (Lipinski definition) is 1. The number of hydrogen-bond acceptors (Lipinski definition) is 4. The van der Waals surface area contributed by atoms with Crippen LogP contribution < -0.4 is 0 Å². The van der Waals surface area contributed by atoms with Crippen molar-refractivity contribution in [2.24, 2.45) is 5.16 Å². The lowest BCUT2D eigenvalue weighted by molar-refractivity contribution is -0.130. The summed E-state index contributed by atoms with van der Waals surface area (Å²) in [6.07, 6.45) is 5.07. The third-order valence-electron chi connectivity index (χ3n) is 3.89. The normalized spacial score (nSPS) is 12.3. The Bertz CT molecular complexity index is 881. The predicted molar refractivity (Wildman–Crippen MR) is 107 cm³/mol. The highest BCUT2D eigenvalue weighted by Crippen LogP contribution is 2.20. The Labute approximate surface area is 159 Å². The molecule has 0 aliphatic carbocycles. The maximum atomic E-state index is 11.4. The highest BCUT2D eigenvalue weighted by molar-refractivity contribution is 6.15. The maximum Gasteiger partial charge on any atom is 0.339 e. The van der Waals surface area contributed by atoms with Crippen LogP contribution in [-0.2, 0) is 21.0 Å². The number of aryl methyl sites for hydroxylation is 1. The zero-order chi connectivity index (χ0) is 19.6. The molecule has 0 saturated heterocycles. The van der Waals surface area contributed by atoms with Crippen molar-refractivity contribution in [2.75, 3.05) is 7.11 Å². The van der Waals surface area contributed by atoms with E-state index < -0.39 is 5.97 Å². The van der Waals surface area contributed by atoms with Gasteiger partial charge >= 0.3 is 5.97 Å². The van der Waals surface area contributed by atoms with E-state index in [9.17, 15) is 9.90 Å². The first kappa shape index (κ1) is 20.0. The molecule has 0 amide bonds. The first-order valence-electron chi connectivity index (χ1n) is 8.47. The van der Waals surface area contributed by atoms with Gasteiger partial charge in [-0.15, -0.1) is 0 Å². The number of allylic oxidation sites excluding steroid dienone is 1. The lowest BCUT2D eigenvalue weighted by atomic mass is 10.0. The van der Waals surface area contributed by atoms with Crippen LogP contribution in [0.2, 0.25) is 0 Å². The van der Waals surface area contributed by atoms with Crippen LogP contribution in [-0.4, -0.2) is 23.9 Å². The summed E-state index contributed by atoms with van der Waals surface area (Å²) in [5.74, 6) is -1.06. The molecule has 5 nitrogen and oxygen atoms in total. The average Bonchev–Trinajstić information content (AvgIpc) is 2.66. The molecule has 0 atom stereocenters. The van der Waals surface area contributed by atoms with Gasteiger partial charge in [-0.05, 0) is 36.6 Å². The largest absolute Gasteiger partial charge is 0.503 e. The molecule has 140 valence electrons. The molecule has 2 rings (SSSR count). The molecule has 0 unspecified atom stereocenters. The third-order valence-corrected chi connectivity index (χ3v) is 3.89. The van der Waals surface area contributed by atoms with Crippen molar-refractivity contribution >= 4 is 23.3 Å². The van der Waals surface area contributed by atoms with Crippen LogP contribution in [0, 0.1) is 6.92 Å². The van der Waals surface area contributed by atoms with Gasteiger partial charge in [-0.2, -0.15) is 0 Å². The molecule has 0 aliphatic heterocycles. The molecular formula is C22H23NO4. The van der Waals surface area contributed by atoms with Crippen LogP contribution in [0.3, 0.4) is 0 Å². The van der Waals surface area contributed by atoms with Gasteiger partial charge in [0.05, 0.1) is 19.1 Å². The molecule has 2 aromatic rings. The Balaban J connectivity index is 2.09. The number of ether oxygens (including phenoxy) is 1. The average molecular weight is 365 g/mol. The van der Waals surface area contributed by atoms with Gasteiger partial charge in [0.25, 0.3) is 0 Å². The molecule has 0 fully saturated rings. The van der Waals surface area contributed by atoms with Gasteiger partial charge in [-0.25, -0.2) is 4.79 Å². The maximum absolute atomic E-state index is 11.4. The number of aliphatic carboxylic acids is 1. The summed E-state index contributed by atoms with van der Waals surface area (Å²) < 4.78 is 4.88. The standard InChI is InChI=1S/C22H23NO4/c1-16-8-4-5-9-18(16)13-12-17(2)23-27-14-19-10-6-7-11-20(19)21(15-26-3)22(24)25/h4-13,15H,14H2,1-3H3,(H,24,25). The summed E-state index contributed by atoms with van der Waals surface area (Å²) >= 11 is 0. The molecule has 0 radical (unpaired) electrons. The quantitative estimate of drug-likeness (QED) is 0.319. The second kappa shape index (κ2) is 9.97. The summed E-state index contributed by atoms with van der Waals surface area (Å²) in [6.45, 7) is 4.04. The second-order valence-electron chi connectivity index (χ2n) is 5.93. The summed E-state index contributed by atoms with van der Waals surface area (Å²) in [4.78, 5) is 16.9. The third kappa shape index (κ3) is 5.85. The lowest BCUT2D eigenvalue weighted by Crippen LogP contribution is -2.04. The van der Waals surface area contributed by atoms with E-state index in [0.717, 1.165) is 5.56 Å². The number of carboxylic acids is 1. The molecule has 0 aliphatic rings. The predicted octanol–water partition coefficient (Wildman–Crippen LogP) is 4.67. The number of nitrogens with zero attached hydrogens (tertiary/aromatic N) is 1. The first-order valence-corrected chi connectivity index (χ1v) is 8.47. The van der Waals surface area contributed by atoms with Crippen LogP contribution in [0.5, 0.6) is 0 Å². The molecular weight excluding hydrogens is 342 g/mol. The molecule has 2 aromatic carbocycles. The molecule has 27 heavy (non-hydrogen) atoms. The summed E-state index contributed by atoms with van der Waals surface area (Å²) in [6, 6.07) is 15.2. The van der Waals surface area contributed by atoms with Crippen LogP contribution in [0.1, 0.15) is 29.2 Å². The van der Waals surface area contributed by atoms with Crippen molar-refractivity contribution in [2.45, 2.75) is 20.5 Å². The smallest absolute Gasteiger partial charge is 0.339 e. The summed E-state index contributed by atoms with van der Waals surface area (Å²) in [5.41, 5.74) is 4.33. The molecule has 0 aromatic heterocycles. The van der Waals surface area contributed by atoms with Crippen LogP contribution in [0.15, 0.2) is 66.0 Å². The molecule has 5 heteroatoms. The van der Waals surface area contributed by atoms with Gasteiger partial charge in [0, 0.05) is 5.56 Å². The van der Waals surface area contributed by atoms with Crippen molar-refractivity contribution in [3.8, 4) is 0 Å². The lowest BCUT2D eigenvalue weighted by Gasteiger charge is -2.09. The number of rotatable bonds is 8. The van der Waals surface area contributed by atoms with Crippen molar-refractivity contribution in [1.82, 2.24) is 0 Å². The van der Waals surface area contributed by atoms with Gasteiger partial charge in [0.15, 0.2) is 0 Å². The van der Waals surface area contributed by atoms with E-state index in [2.05, 4.69) is 5.16 Å². The monoisotopic (exact) mass is 365 g/mol. The van der Waals surface area contributed by atoms with E-state index >= 15 is 0 Å². The minimum atomic E-state index is -1.06. The SMILES string of the molecule is COC=C(C(=O)O)c1ccccc1CON=C(C)C=Cc1ccccc1C. The minimum absolute atomic E-state index is 0.0665. The Morgan fingerprint density at radius 2 is 1.85 bits per heavy atom. The van der Waals surface area contributed by atoms with Crippen molar-refractivity contribution in [3.63, 3.8) is 0 Å². The number of carboxylic acid groups (broad SMARTS) is 1. The van der Waals surface area contributed by atoms with E-state index in [1.54, 1.807) is 18.2 Å². The zero-order valence-electron chi connectivity index (χ0n) is 15.7. The fourth-order valence-corrected chi connectivity index (χ4v) is 2.47. The molecule has 0 heterocycles. The Morgan fingerprint density at radius 1 is 1.15 bits per heavy atom. The van der Waals surface area contributed by atoms with Crippen molar-refractivity contribution < 1.29 is 19.5 Å². The topological polar surface area (TPSA) is 68.1 Å². The molecule has 0 spiro atoms.